The number of hydrogen-bond acceptors (Lipinski definition) is 2. The van der Waals surface area contributed by atoms with Gasteiger partial charge in [0.15, 0.2) is 0 Å². The summed E-state index contributed by atoms with van der Waals surface area (Å²) < 4.78 is 0. The molecule has 0 radical (unpaired) electrons. The van der Waals surface area contributed by atoms with E-state index in [0.717, 1.165) is 30.2 Å². The molecule has 2 aliphatic carbocycles. The van der Waals surface area contributed by atoms with Crippen molar-refractivity contribution in [1.29, 1.82) is 0 Å². The van der Waals surface area contributed by atoms with Crippen molar-refractivity contribution in [2.45, 2.75) is 63.9 Å². The molecule has 2 heteroatoms. The van der Waals surface area contributed by atoms with E-state index in [0.29, 0.717) is 6.54 Å². The molecule has 2 nitrogen and oxygen atoms in total. The fourth-order valence-corrected chi connectivity index (χ4v) is 4.14. The standard InChI is InChI=1S/C19H29NO/c1-2-14-4-3-11-19(12-14,13-20)18(21)17-9-7-16(8-10-17)15-5-6-15/h7-10,14-15,18,21H,2-6,11-13,20H2,1H3. The lowest BCUT2D eigenvalue weighted by Gasteiger charge is -2.43. The Labute approximate surface area is 128 Å². The molecule has 3 rings (SSSR count). The summed E-state index contributed by atoms with van der Waals surface area (Å²) in [6.45, 7) is 2.85. The zero-order valence-electron chi connectivity index (χ0n) is 13.2. The van der Waals surface area contributed by atoms with Crippen molar-refractivity contribution < 1.29 is 5.11 Å². The van der Waals surface area contributed by atoms with Crippen molar-refractivity contribution in [2.75, 3.05) is 6.54 Å². The Morgan fingerprint density at radius 1 is 1.24 bits per heavy atom. The molecule has 0 heterocycles. The van der Waals surface area contributed by atoms with Gasteiger partial charge in [-0.1, -0.05) is 50.5 Å². The van der Waals surface area contributed by atoms with Gasteiger partial charge in [0.1, 0.15) is 0 Å². The van der Waals surface area contributed by atoms with Gasteiger partial charge in [0.05, 0.1) is 6.10 Å². The third kappa shape index (κ3) is 3.02. The van der Waals surface area contributed by atoms with Gasteiger partial charge in [-0.3, -0.25) is 0 Å². The Hall–Kier alpha value is -0.860. The second-order valence-electron chi connectivity index (χ2n) is 7.28. The number of benzene rings is 1. The summed E-state index contributed by atoms with van der Waals surface area (Å²) in [5.41, 5.74) is 8.50. The molecule has 2 saturated carbocycles. The van der Waals surface area contributed by atoms with Crippen LogP contribution < -0.4 is 5.73 Å². The molecule has 1 aromatic carbocycles. The lowest BCUT2D eigenvalue weighted by atomic mass is 9.64. The molecular weight excluding hydrogens is 258 g/mol. The largest absolute Gasteiger partial charge is 0.388 e. The van der Waals surface area contributed by atoms with Gasteiger partial charge >= 0.3 is 0 Å². The molecule has 116 valence electrons. The molecule has 0 bridgehead atoms. The Morgan fingerprint density at radius 3 is 2.52 bits per heavy atom. The fraction of sp³-hybridized carbons (Fsp3) is 0.684. The van der Waals surface area contributed by atoms with E-state index >= 15 is 0 Å². The highest BCUT2D eigenvalue weighted by Gasteiger charge is 2.41. The topological polar surface area (TPSA) is 46.2 Å². The molecular formula is C19H29NO. The second kappa shape index (κ2) is 6.10. The van der Waals surface area contributed by atoms with Crippen molar-refractivity contribution in [2.24, 2.45) is 17.1 Å². The van der Waals surface area contributed by atoms with Gasteiger partial charge in [0.2, 0.25) is 0 Å². The van der Waals surface area contributed by atoms with E-state index in [4.69, 9.17) is 5.73 Å². The molecule has 3 unspecified atom stereocenters. The van der Waals surface area contributed by atoms with E-state index in [2.05, 4.69) is 31.2 Å². The van der Waals surface area contributed by atoms with Gasteiger partial charge < -0.3 is 10.8 Å². The third-order valence-electron chi connectivity index (χ3n) is 5.85. The average Bonchev–Trinajstić information content (AvgIpc) is 3.39. The van der Waals surface area contributed by atoms with E-state index in [1.54, 1.807) is 0 Å². The molecule has 3 atom stereocenters. The van der Waals surface area contributed by atoms with Crippen LogP contribution >= 0.6 is 0 Å². The number of aliphatic hydroxyl groups is 1. The highest BCUT2D eigenvalue weighted by atomic mass is 16.3. The highest BCUT2D eigenvalue weighted by Crippen LogP contribution is 2.48. The molecule has 3 N–H and O–H groups in total. The Balaban J connectivity index is 1.78. The molecule has 0 spiro atoms. The van der Waals surface area contributed by atoms with Crippen LogP contribution in [-0.4, -0.2) is 11.7 Å². The van der Waals surface area contributed by atoms with Crippen molar-refractivity contribution >= 4 is 0 Å². The predicted octanol–water partition coefficient (Wildman–Crippen LogP) is 4.14. The van der Waals surface area contributed by atoms with E-state index < -0.39 is 6.10 Å². The maximum atomic E-state index is 11.0. The lowest BCUT2D eigenvalue weighted by molar-refractivity contribution is -0.0162. The first-order valence-electron chi connectivity index (χ1n) is 8.66. The summed E-state index contributed by atoms with van der Waals surface area (Å²) in [4.78, 5) is 0. The van der Waals surface area contributed by atoms with Crippen molar-refractivity contribution in [3.05, 3.63) is 35.4 Å². The van der Waals surface area contributed by atoms with Gasteiger partial charge in [-0.05, 0) is 48.6 Å². The van der Waals surface area contributed by atoms with E-state index in [-0.39, 0.29) is 5.41 Å². The minimum atomic E-state index is -0.412. The van der Waals surface area contributed by atoms with Gasteiger partial charge in [0, 0.05) is 12.0 Å². The fourth-order valence-electron chi connectivity index (χ4n) is 4.14. The third-order valence-corrected chi connectivity index (χ3v) is 5.85. The molecule has 0 aromatic heterocycles. The zero-order chi connectivity index (χ0) is 14.9. The summed E-state index contributed by atoms with van der Waals surface area (Å²) in [5, 5.41) is 11.0. The maximum Gasteiger partial charge on any atom is 0.0858 e. The maximum absolute atomic E-state index is 11.0. The number of nitrogens with two attached hydrogens (primary N) is 1. The number of aliphatic hydroxyl groups excluding tert-OH is 1. The van der Waals surface area contributed by atoms with Crippen molar-refractivity contribution in [3.8, 4) is 0 Å². The Kier molecular flexibility index (Phi) is 4.37. The van der Waals surface area contributed by atoms with Crippen LogP contribution in [0.15, 0.2) is 24.3 Å². The molecule has 0 saturated heterocycles. The van der Waals surface area contributed by atoms with Crippen LogP contribution in [0.4, 0.5) is 0 Å². The van der Waals surface area contributed by atoms with Gasteiger partial charge in [-0.25, -0.2) is 0 Å². The second-order valence-corrected chi connectivity index (χ2v) is 7.28. The van der Waals surface area contributed by atoms with Crippen LogP contribution in [0.2, 0.25) is 0 Å². The summed E-state index contributed by atoms with van der Waals surface area (Å²) in [6, 6.07) is 8.68. The highest BCUT2D eigenvalue weighted by molar-refractivity contribution is 5.30. The quantitative estimate of drug-likeness (QED) is 0.855. The van der Waals surface area contributed by atoms with Crippen molar-refractivity contribution in [3.63, 3.8) is 0 Å². The normalized spacial score (nSPS) is 31.1. The van der Waals surface area contributed by atoms with E-state index in [1.807, 2.05) is 0 Å². The van der Waals surface area contributed by atoms with Crippen LogP contribution in [0.1, 0.15) is 75.0 Å². The van der Waals surface area contributed by atoms with Crippen LogP contribution in [-0.2, 0) is 0 Å². The molecule has 2 aliphatic rings. The van der Waals surface area contributed by atoms with Crippen molar-refractivity contribution in [1.82, 2.24) is 0 Å². The predicted molar refractivity (Wildman–Crippen MR) is 87.1 cm³/mol. The summed E-state index contributed by atoms with van der Waals surface area (Å²) >= 11 is 0. The van der Waals surface area contributed by atoms with Crippen LogP contribution in [0.25, 0.3) is 0 Å². The number of hydrogen-bond donors (Lipinski definition) is 2. The first-order chi connectivity index (χ1) is 10.2. The molecule has 21 heavy (non-hydrogen) atoms. The van der Waals surface area contributed by atoms with Crippen LogP contribution in [0.5, 0.6) is 0 Å². The van der Waals surface area contributed by atoms with E-state index in [1.165, 1.54) is 37.7 Å². The smallest absolute Gasteiger partial charge is 0.0858 e. The molecule has 0 amide bonds. The lowest BCUT2D eigenvalue weighted by Crippen LogP contribution is -2.41. The Morgan fingerprint density at radius 2 is 1.95 bits per heavy atom. The summed E-state index contributed by atoms with van der Waals surface area (Å²) in [5.74, 6) is 1.50. The number of rotatable bonds is 5. The van der Waals surface area contributed by atoms with Crippen LogP contribution in [0.3, 0.4) is 0 Å². The molecule has 2 fully saturated rings. The zero-order valence-corrected chi connectivity index (χ0v) is 13.2. The minimum absolute atomic E-state index is 0.111. The summed E-state index contributed by atoms with van der Waals surface area (Å²) in [7, 11) is 0. The van der Waals surface area contributed by atoms with Gasteiger partial charge in [-0.2, -0.15) is 0 Å². The minimum Gasteiger partial charge on any atom is -0.388 e. The molecule has 0 aliphatic heterocycles. The molecule has 1 aromatic rings. The average molecular weight is 287 g/mol. The van der Waals surface area contributed by atoms with Crippen LogP contribution in [0, 0.1) is 11.3 Å². The first kappa shape index (κ1) is 15.1. The monoisotopic (exact) mass is 287 g/mol. The van der Waals surface area contributed by atoms with E-state index in [9.17, 15) is 5.11 Å². The van der Waals surface area contributed by atoms with Gasteiger partial charge in [-0.15, -0.1) is 0 Å². The summed E-state index contributed by atoms with van der Waals surface area (Å²) in [6.07, 6.45) is 8.08. The first-order valence-corrected chi connectivity index (χ1v) is 8.66. The van der Waals surface area contributed by atoms with Gasteiger partial charge in [0.25, 0.3) is 0 Å². The Bertz CT molecular complexity index is 465. The SMILES string of the molecule is CCC1CCCC(CN)(C(O)c2ccc(C3CC3)cc2)C1.